The second-order valence-electron chi connectivity index (χ2n) is 21.3. The minimum atomic E-state index is -0.747. The van der Waals surface area contributed by atoms with Crippen LogP contribution in [0.15, 0.2) is 267 Å². The van der Waals surface area contributed by atoms with Gasteiger partial charge in [-0.2, -0.15) is 61.5 Å². The van der Waals surface area contributed by atoms with Gasteiger partial charge in [-0.05, 0) is 70.9 Å². The van der Waals surface area contributed by atoms with E-state index < -0.39 is 15.8 Å². The third-order valence-corrected chi connectivity index (χ3v) is 17.7. The van der Waals surface area contributed by atoms with E-state index in [0.717, 1.165) is 28.3 Å². The SMILES string of the molecule is CC(C)(C)c1cc([CH-]P(c2ccccc2)c2ccccc2)c2[n-]c3c(CP(c4ccccc4)c4ccccc4)cc(C(C)(C)C)cc3c2c1.Cc1ccccc1.Cc1ccccc1.[CH2-]c1ccccc1.[CH2-]c1ccccc1.[Hf+4]. The Kier molecular flexibility index (Phi) is 23.2. The zero-order valence-electron chi connectivity index (χ0n) is 46.9. The fourth-order valence-electron chi connectivity index (χ4n) is 8.57. The van der Waals surface area contributed by atoms with E-state index in [-0.39, 0.29) is 36.7 Å². The number of hydrogen-bond donors (Lipinski definition) is 0. The molecule has 0 fully saturated rings. The van der Waals surface area contributed by atoms with Crippen LogP contribution in [0.4, 0.5) is 0 Å². The molecule has 0 radical (unpaired) electrons. The first-order valence-electron chi connectivity index (χ1n) is 26.6. The van der Waals surface area contributed by atoms with Crippen molar-refractivity contribution in [3.8, 4) is 0 Å². The van der Waals surface area contributed by atoms with Crippen molar-refractivity contribution in [2.24, 2.45) is 0 Å². The molecule has 0 atom stereocenters. The Bertz CT molecular complexity index is 3040. The molecule has 390 valence electrons. The molecule has 1 nitrogen and oxygen atoms in total. The topological polar surface area (TPSA) is 14.1 Å². The van der Waals surface area contributed by atoms with Crippen LogP contribution in [0.5, 0.6) is 0 Å². The normalized spacial score (nSPS) is 10.8. The summed E-state index contributed by atoms with van der Waals surface area (Å²) in [6, 6.07) is 94.2. The van der Waals surface area contributed by atoms with Gasteiger partial charge in [-0.1, -0.05) is 289 Å². The van der Waals surface area contributed by atoms with Crippen molar-refractivity contribution in [3.05, 3.63) is 331 Å². The summed E-state index contributed by atoms with van der Waals surface area (Å²) in [5, 5.41) is 8.03. The number of aryl methyl sites for hydroxylation is 2. The van der Waals surface area contributed by atoms with Crippen molar-refractivity contribution in [1.82, 2.24) is 4.98 Å². The molecule has 0 aliphatic rings. The van der Waals surface area contributed by atoms with Crippen LogP contribution >= 0.6 is 15.8 Å². The van der Waals surface area contributed by atoms with Gasteiger partial charge in [0.25, 0.3) is 0 Å². The van der Waals surface area contributed by atoms with Gasteiger partial charge in [0.05, 0.1) is 0 Å². The van der Waals surface area contributed by atoms with Crippen molar-refractivity contribution in [2.75, 3.05) is 0 Å². The Morgan fingerprint density at radius 3 is 1.00 bits per heavy atom. The van der Waals surface area contributed by atoms with Crippen molar-refractivity contribution in [3.63, 3.8) is 0 Å². The molecule has 10 aromatic carbocycles. The second-order valence-corrected chi connectivity index (χ2v) is 25.5. The number of aromatic nitrogens is 1. The summed E-state index contributed by atoms with van der Waals surface area (Å²) in [5.74, 6) is 0. The first-order chi connectivity index (χ1) is 37.1. The maximum absolute atomic E-state index is 5.63. The quantitative estimate of drug-likeness (QED) is 0.0840. The molecule has 0 saturated carbocycles. The van der Waals surface area contributed by atoms with Gasteiger partial charge < -0.3 is 4.98 Å². The molecule has 11 aromatic rings. The predicted molar refractivity (Wildman–Crippen MR) is 342 cm³/mol. The average Bonchev–Trinajstić information content (AvgIpc) is 3.84. The molecule has 1 heterocycles. The van der Waals surface area contributed by atoms with E-state index >= 15 is 0 Å². The molecule has 78 heavy (non-hydrogen) atoms. The third-order valence-electron chi connectivity index (χ3n) is 12.9. The maximum Gasteiger partial charge on any atom is 4.00 e. The number of hydrogen-bond acceptors (Lipinski definition) is 0. The molecule has 0 aliphatic heterocycles. The minimum Gasteiger partial charge on any atom is -0.714 e. The molecular formula is C74H75HfNP2. The van der Waals surface area contributed by atoms with E-state index in [1.165, 1.54) is 65.4 Å². The standard InChI is InChI=1S/C46H45NP2.2C7H8.2C7H7.Hf/c1-45(2,3)35-27-33(31-48(37-19-11-7-12-20-37)38-21-13-8-14-22-38)43-41(29-35)42-30-36(46(4,5)6)28-34(44(42)47-43)32-49(39-23-15-9-16-24-39)40-25-17-10-18-26-40;4*1-7-5-3-2-4-6-7;/h7-31H,32H2,1-6H3;2*2-6H,1H3;2*2-6H,1H2;/q-2;;;2*-1;+4. The largest absolute Gasteiger partial charge is 4.00 e. The zero-order valence-corrected chi connectivity index (χ0v) is 52.3. The van der Waals surface area contributed by atoms with Gasteiger partial charge in [0.2, 0.25) is 0 Å². The van der Waals surface area contributed by atoms with Crippen molar-refractivity contribution < 1.29 is 25.8 Å². The summed E-state index contributed by atoms with van der Waals surface area (Å²) < 4.78 is 0. The van der Waals surface area contributed by atoms with Gasteiger partial charge in [-0.25, -0.2) is 11.1 Å². The summed E-state index contributed by atoms with van der Waals surface area (Å²) in [4.78, 5) is 5.63. The summed E-state index contributed by atoms with van der Waals surface area (Å²) in [7, 11) is -1.38. The van der Waals surface area contributed by atoms with E-state index in [0.29, 0.717) is 0 Å². The summed E-state index contributed by atoms with van der Waals surface area (Å²) >= 11 is 0. The Morgan fingerprint density at radius 2 is 0.692 bits per heavy atom. The number of nitrogens with zero attached hydrogens (tertiary/aromatic N) is 1. The smallest absolute Gasteiger partial charge is 0.714 e. The predicted octanol–water partition coefficient (Wildman–Crippen LogP) is 18.5. The zero-order chi connectivity index (χ0) is 54.6. The van der Waals surface area contributed by atoms with Gasteiger partial charge in [-0.15, -0.1) is 29.8 Å². The summed E-state index contributed by atoms with van der Waals surface area (Å²) in [6.45, 7) is 25.6. The fourth-order valence-corrected chi connectivity index (χ4v) is 12.9. The van der Waals surface area contributed by atoms with Crippen molar-refractivity contribution in [1.29, 1.82) is 0 Å². The molecule has 0 unspecified atom stereocenters. The maximum atomic E-state index is 5.63. The van der Waals surface area contributed by atoms with Crippen LogP contribution in [0.3, 0.4) is 0 Å². The number of fused-ring (bicyclic) bond motifs is 3. The van der Waals surface area contributed by atoms with Gasteiger partial charge in [0.15, 0.2) is 0 Å². The van der Waals surface area contributed by atoms with Gasteiger partial charge in [0, 0.05) is 0 Å². The molecule has 1 aromatic heterocycles. The van der Waals surface area contributed by atoms with Crippen LogP contribution in [0.1, 0.15) is 86.1 Å². The number of benzene rings is 10. The molecule has 0 aliphatic carbocycles. The van der Waals surface area contributed by atoms with Crippen LogP contribution in [0.25, 0.3) is 21.8 Å². The first kappa shape index (κ1) is 60.6. The van der Waals surface area contributed by atoms with Gasteiger partial charge in [-0.3, -0.25) is 0 Å². The van der Waals surface area contributed by atoms with Crippen molar-refractivity contribution in [2.45, 2.75) is 72.4 Å². The molecular weight excluding hydrogens is 1140 g/mol. The minimum absolute atomic E-state index is 0. The Hall–Kier alpha value is -6.66. The van der Waals surface area contributed by atoms with E-state index in [1.54, 1.807) is 0 Å². The Morgan fingerprint density at radius 1 is 0.385 bits per heavy atom. The molecule has 0 saturated heterocycles. The summed E-state index contributed by atoms with van der Waals surface area (Å²) in [6.07, 6.45) is 3.47. The summed E-state index contributed by atoms with van der Waals surface area (Å²) in [5.41, 5.74) is 12.3. The van der Waals surface area contributed by atoms with E-state index in [4.69, 9.17) is 4.98 Å². The van der Waals surface area contributed by atoms with Crippen molar-refractivity contribution >= 4 is 58.9 Å². The molecule has 0 amide bonds. The second kappa shape index (κ2) is 29.9. The fraction of sp³-hybridized carbons (Fsp3) is 0.149. The van der Waals surface area contributed by atoms with Crippen LogP contribution in [-0.2, 0) is 42.8 Å². The first-order valence-corrected chi connectivity index (χ1v) is 29.5. The third kappa shape index (κ3) is 18.2. The van der Waals surface area contributed by atoms with Crippen LogP contribution < -0.4 is 26.2 Å². The van der Waals surface area contributed by atoms with Gasteiger partial charge in [0.1, 0.15) is 0 Å². The average molecular weight is 1220 g/mol. The molecule has 0 spiro atoms. The monoisotopic (exact) mass is 1220 g/mol. The van der Waals surface area contributed by atoms with E-state index in [9.17, 15) is 0 Å². The Balaban J connectivity index is 0.000000272. The molecule has 0 N–H and O–H groups in total. The molecule has 4 heteroatoms. The van der Waals surface area contributed by atoms with E-state index in [1.807, 2.05) is 97.1 Å². The van der Waals surface area contributed by atoms with Crippen LogP contribution in [0.2, 0.25) is 0 Å². The van der Waals surface area contributed by atoms with Gasteiger partial charge >= 0.3 is 25.8 Å². The van der Waals surface area contributed by atoms with Crippen LogP contribution in [0, 0.1) is 33.9 Å². The van der Waals surface area contributed by atoms with Crippen LogP contribution in [-0.4, -0.2) is 0 Å². The van der Waals surface area contributed by atoms with E-state index in [2.05, 4.69) is 245 Å². The Labute approximate surface area is 490 Å². The molecule has 11 rings (SSSR count). The molecule has 0 bridgehead atoms. The number of rotatable bonds is 8.